The number of rotatable bonds is 10. The standard InChI is InChI=1S/C30H28F2N6O4/c1-2-42-23-14-24(28-21(15-33)17-35-38(28)18-23)20-3-6-27(34-16-20)37-9-7-30(8-10-37,19-41-12-11-39)36-29(40)25-13-22(31)4-5-26(25)32/h3-6,11,13-14,16-18H,2,7-10,12,19H2,1H3,(H,36,40). The van der Waals surface area contributed by atoms with Crippen molar-refractivity contribution in [2.75, 3.05) is 37.8 Å². The lowest BCUT2D eigenvalue weighted by Gasteiger charge is -2.42. The summed E-state index contributed by atoms with van der Waals surface area (Å²) in [4.78, 5) is 30.5. The van der Waals surface area contributed by atoms with Crippen molar-refractivity contribution >= 4 is 23.5 Å². The average Bonchev–Trinajstić information content (AvgIpc) is 3.42. The van der Waals surface area contributed by atoms with Crippen molar-refractivity contribution in [3.8, 4) is 22.9 Å². The SMILES string of the molecule is CCOc1cc(-c2ccc(N3CCC(COCC=O)(NC(=O)c4cc(F)ccc4F)CC3)nc2)c2c(C#N)cnn2c1. The fraction of sp³-hybridized carbons (Fsp3) is 0.300. The number of anilines is 1. The van der Waals surface area contributed by atoms with Gasteiger partial charge in [-0.3, -0.25) is 4.79 Å². The van der Waals surface area contributed by atoms with Gasteiger partial charge in [0, 0.05) is 30.4 Å². The Morgan fingerprint density at radius 2 is 2.00 bits per heavy atom. The van der Waals surface area contributed by atoms with Crippen LogP contribution < -0.4 is 15.0 Å². The van der Waals surface area contributed by atoms with Gasteiger partial charge in [-0.2, -0.15) is 10.4 Å². The summed E-state index contributed by atoms with van der Waals surface area (Å²) in [6.07, 6.45) is 6.40. The van der Waals surface area contributed by atoms with E-state index >= 15 is 0 Å². The van der Waals surface area contributed by atoms with E-state index in [4.69, 9.17) is 9.47 Å². The zero-order valence-corrected chi connectivity index (χ0v) is 22.8. The highest BCUT2D eigenvalue weighted by atomic mass is 19.1. The molecule has 4 heterocycles. The molecule has 10 nitrogen and oxygen atoms in total. The van der Waals surface area contributed by atoms with Crippen LogP contribution in [0.4, 0.5) is 14.6 Å². The predicted molar refractivity (Wildman–Crippen MR) is 149 cm³/mol. The molecule has 1 fully saturated rings. The molecule has 0 aliphatic carbocycles. The second-order valence-corrected chi connectivity index (χ2v) is 9.92. The van der Waals surface area contributed by atoms with E-state index < -0.39 is 28.6 Å². The highest BCUT2D eigenvalue weighted by Gasteiger charge is 2.37. The van der Waals surface area contributed by atoms with Gasteiger partial charge in [0.2, 0.25) is 0 Å². The smallest absolute Gasteiger partial charge is 0.254 e. The summed E-state index contributed by atoms with van der Waals surface area (Å²) in [5.41, 5.74) is 1.33. The number of nitrogens with one attached hydrogen (secondary N) is 1. The van der Waals surface area contributed by atoms with Crippen LogP contribution in [0.15, 0.2) is 55.0 Å². The first kappa shape index (κ1) is 28.6. The third-order valence-electron chi connectivity index (χ3n) is 7.24. The van der Waals surface area contributed by atoms with Gasteiger partial charge in [0.05, 0.1) is 47.8 Å². The van der Waals surface area contributed by atoms with Gasteiger partial charge in [0.1, 0.15) is 42.2 Å². The molecule has 1 N–H and O–H groups in total. The average molecular weight is 575 g/mol. The molecule has 0 unspecified atom stereocenters. The number of nitriles is 1. The summed E-state index contributed by atoms with van der Waals surface area (Å²) in [6.45, 7) is 3.20. The molecule has 12 heteroatoms. The first-order valence-electron chi connectivity index (χ1n) is 13.4. The van der Waals surface area contributed by atoms with E-state index in [-0.39, 0.29) is 13.2 Å². The largest absolute Gasteiger partial charge is 0.492 e. The minimum atomic E-state index is -0.893. The van der Waals surface area contributed by atoms with E-state index in [0.717, 1.165) is 29.3 Å². The number of hydrogen-bond donors (Lipinski definition) is 1. The number of carbonyl (C=O) groups is 2. The Bertz CT molecular complexity index is 1640. The Labute approximate surface area is 240 Å². The Hall–Kier alpha value is -4.89. The number of fused-ring (bicyclic) bond motifs is 1. The van der Waals surface area contributed by atoms with Crippen LogP contribution in [-0.2, 0) is 9.53 Å². The molecule has 1 aromatic carbocycles. The van der Waals surface area contributed by atoms with Crippen LogP contribution in [0.3, 0.4) is 0 Å². The van der Waals surface area contributed by atoms with Crippen molar-refractivity contribution in [3.63, 3.8) is 0 Å². The molecular formula is C30H28F2N6O4. The van der Waals surface area contributed by atoms with Gasteiger partial charge in [0.15, 0.2) is 0 Å². The minimum Gasteiger partial charge on any atom is -0.492 e. The normalized spacial score (nSPS) is 14.4. The van der Waals surface area contributed by atoms with E-state index in [1.807, 2.05) is 30.0 Å². The molecule has 42 heavy (non-hydrogen) atoms. The highest BCUT2D eigenvalue weighted by molar-refractivity contribution is 5.95. The molecule has 0 radical (unpaired) electrons. The maximum absolute atomic E-state index is 14.3. The molecule has 0 saturated carbocycles. The van der Waals surface area contributed by atoms with Crippen LogP contribution in [-0.4, -0.2) is 65.2 Å². The number of carbonyl (C=O) groups excluding carboxylic acids is 2. The molecule has 5 rings (SSSR count). The van der Waals surface area contributed by atoms with Gasteiger partial charge in [-0.25, -0.2) is 18.3 Å². The summed E-state index contributed by atoms with van der Waals surface area (Å²) >= 11 is 0. The lowest BCUT2D eigenvalue weighted by molar-refractivity contribution is -0.112. The Balaban J connectivity index is 1.35. The lowest BCUT2D eigenvalue weighted by Crippen LogP contribution is -2.58. The van der Waals surface area contributed by atoms with Gasteiger partial charge in [0.25, 0.3) is 5.91 Å². The number of halogens is 2. The number of piperidine rings is 1. The monoisotopic (exact) mass is 574 g/mol. The van der Waals surface area contributed by atoms with Crippen LogP contribution in [0, 0.1) is 23.0 Å². The maximum atomic E-state index is 14.3. The summed E-state index contributed by atoms with van der Waals surface area (Å²) in [7, 11) is 0. The van der Waals surface area contributed by atoms with Crippen molar-refractivity contribution < 1.29 is 27.8 Å². The molecule has 0 spiro atoms. The zero-order valence-electron chi connectivity index (χ0n) is 22.8. The first-order chi connectivity index (χ1) is 20.4. The Morgan fingerprint density at radius 3 is 2.69 bits per heavy atom. The second kappa shape index (κ2) is 12.3. The van der Waals surface area contributed by atoms with Crippen molar-refractivity contribution in [2.45, 2.75) is 25.3 Å². The van der Waals surface area contributed by atoms with Crippen molar-refractivity contribution in [2.24, 2.45) is 0 Å². The van der Waals surface area contributed by atoms with E-state index in [2.05, 4.69) is 21.5 Å². The fourth-order valence-electron chi connectivity index (χ4n) is 5.13. The number of hydrogen-bond acceptors (Lipinski definition) is 8. The Kier molecular flexibility index (Phi) is 8.40. The van der Waals surface area contributed by atoms with E-state index in [1.54, 1.807) is 16.9 Å². The quantitative estimate of drug-likeness (QED) is 0.223. The molecule has 1 aliphatic rings. The number of aldehydes is 1. The van der Waals surface area contributed by atoms with Crippen LogP contribution in [0.2, 0.25) is 0 Å². The van der Waals surface area contributed by atoms with Crippen molar-refractivity contribution in [3.05, 3.63) is 77.8 Å². The summed E-state index contributed by atoms with van der Waals surface area (Å²) in [5, 5.41) is 16.7. The number of amides is 1. The van der Waals surface area contributed by atoms with Crippen LogP contribution in [0.1, 0.15) is 35.7 Å². The minimum absolute atomic E-state index is 0.0351. The van der Waals surface area contributed by atoms with Crippen LogP contribution >= 0.6 is 0 Å². The summed E-state index contributed by atoms with van der Waals surface area (Å²) in [5.74, 6) is -0.994. The number of pyridine rings is 2. The molecule has 4 aromatic rings. The topological polar surface area (TPSA) is 122 Å². The number of benzene rings is 1. The third kappa shape index (κ3) is 5.91. The summed E-state index contributed by atoms with van der Waals surface area (Å²) in [6, 6.07) is 10.5. The van der Waals surface area contributed by atoms with Gasteiger partial charge in [-0.1, -0.05) is 0 Å². The van der Waals surface area contributed by atoms with Crippen molar-refractivity contribution in [1.29, 1.82) is 5.26 Å². The molecule has 1 aliphatic heterocycles. The molecule has 3 aromatic heterocycles. The highest BCUT2D eigenvalue weighted by Crippen LogP contribution is 2.32. The summed E-state index contributed by atoms with van der Waals surface area (Å²) < 4.78 is 40.8. The second-order valence-electron chi connectivity index (χ2n) is 9.92. The molecule has 1 amide bonds. The molecule has 0 bridgehead atoms. The van der Waals surface area contributed by atoms with Gasteiger partial charge in [-0.15, -0.1) is 0 Å². The number of aromatic nitrogens is 3. The maximum Gasteiger partial charge on any atom is 0.254 e. The molecule has 1 saturated heterocycles. The van der Waals surface area contributed by atoms with E-state index in [9.17, 15) is 23.6 Å². The van der Waals surface area contributed by atoms with E-state index in [1.165, 1.54) is 6.20 Å². The third-order valence-corrected chi connectivity index (χ3v) is 7.24. The predicted octanol–water partition coefficient (Wildman–Crippen LogP) is 3.93. The lowest BCUT2D eigenvalue weighted by atomic mass is 9.87. The Morgan fingerprint density at radius 1 is 1.19 bits per heavy atom. The van der Waals surface area contributed by atoms with Gasteiger partial charge < -0.3 is 24.5 Å². The number of nitrogens with zero attached hydrogens (tertiary/aromatic N) is 5. The van der Waals surface area contributed by atoms with E-state index in [0.29, 0.717) is 61.5 Å². The fourth-order valence-corrected chi connectivity index (χ4v) is 5.13. The zero-order chi connectivity index (χ0) is 29.7. The first-order valence-corrected chi connectivity index (χ1v) is 13.4. The van der Waals surface area contributed by atoms with Gasteiger partial charge >= 0.3 is 0 Å². The molecule has 0 atom stereocenters. The van der Waals surface area contributed by atoms with Crippen LogP contribution in [0.5, 0.6) is 5.75 Å². The van der Waals surface area contributed by atoms with Gasteiger partial charge in [-0.05, 0) is 56.2 Å². The number of ether oxygens (including phenoxy) is 2. The van der Waals surface area contributed by atoms with Crippen LogP contribution in [0.25, 0.3) is 16.6 Å². The van der Waals surface area contributed by atoms with Crippen molar-refractivity contribution in [1.82, 2.24) is 19.9 Å². The molecular weight excluding hydrogens is 546 g/mol. The molecule has 216 valence electrons.